The van der Waals surface area contributed by atoms with Crippen LogP contribution in [-0.4, -0.2) is 20.4 Å². The lowest BCUT2D eigenvalue weighted by molar-refractivity contribution is -0.126. The molecule has 1 aliphatic rings. The molecule has 4 rings (SSSR count). The van der Waals surface area contributed by atoms with Gasteiger partial charge >= 0.3 is 0 Å². The molecule has 164 valence electrons. The molecular weight excluding hydrogens is 472 g/mol. The Bertz CT molecular complexity index is 1140. The monoisotopic (exact) mass is 489 g/mol. The lowest BCUT2D eigenvalue weighted by Crippen LogP contribution is -2.31. The quantitative estimate of drug-likeness (QED) is 0.371. The van der Waals surface area contributed by atoms with Crippen LogP contribution in [0.15, 0.2) is 66.7 Å². The van der Waals surface area contributed by atoms with Gasteiger partial charge in [0.2, 0.25) is 5.91 Å². The van der Waals surface area contributed by atoms with Gasteiger partial charge in [-0.05, 0) is 59.5 Å². The molecule has 0 radical (unpaired) electrons. The summed E-state index contributed by atoms with van der Waals surface area (Å²) in [6.07, 6.45) is 0.474. The topological polar surface area (TPSA) is 29.5 Å². The number of carbonyl (C=O) groups excluding carboxylic acids is 1. The van der Waals surface area contributed by atoms with Gasteiger partial charge in [0, 0.05) is 0 Å². The molecular formula is C24H18ClF2NO2S2. The Balaban J connectivity index is 1.37. The van der Waals surface area contributed by atoms with Crippen LogP contribution in [0, 0.1) is 11.6 Å². The fourth-order valence-electron chi connectivity index (χ4n) is 3.29. The highest BCUT2D eigenvalue weighted by atomic mass is 35.5. The molecule has 0 bridgehead atoms. The van der Waals surface area contributed by atoms with Crippen LogP contribution in [0.2, 0.25) is 5.02 Å². The summed E-state index contributed by atoms with van der Waals surface area (Å²) in [5, 5.41) is 0.0933. The molecule has 1 aliphatic heterocycles. The van der Waals surface area contributed by atoms with Gasteiger partial charge in [-0.1, -0.05) is 65.9 Å². The van der Waals surface area contributed by atoms with E-state index in [9.17, 15) is 13.6 Å². The molecule has 0 N–H and O–H groups in total. The van der Waals surface area contributed by atoms with E-state index in [0.29, 0.717) is 28.1 Å². The summed E-state index contributed by atoms with van der Waals surface area (Å²) < 4.78 is 32.4. The average molecular weight is 490 g/mol. The highest BCUT2D eigenvalue weighted by molar-refractivity contribution is 8.24. The number of halogens is 3. The minimum atomic E-state index is -0.343. The van der Waals surface area contributed by atoms with E-state index in [1.807, 2.05) is 6.07 Å². The third-order valence-corrected chi connectivity index (χ3v) is 6.86. The lowest BCUT2D eigenvalue weighted by atomic mass is 10.1. The number of amides is 1. The first kappa shape index (κ1) is 22.7. The molecule has 3 nitrogen and oxygen atoms in total. The second kappa shape index (κ2) is 9.98. The Kier molecular flexibility index (Phi) is 7.08. The summed E-state index contributed by atoms with van der Waals surface area (Å²) in [5.41, 5.74) is 2.53. The molecule has 1 heterocycles. The van der Waals surface area contributed by atoms with Gasteiger partial charge in [0.1, 0.15) is 28.3 Å². The highest BCUT2D eigenvalue weighted by Gasteiger charge is 2.36. The van der Waals surface area contributed by atoms with Crippen LogP contribution < -0.4 is 4.74 Å². The molecule has 1 atom stereocenters. The van der Waals surface area contributed by atoms with Gasteiger partial charge in [0.15, 0.2) is 0 Å². The van der Waals surface area contributed by atoms with E-state index in [4.69, 9.17) is 28.6 Å². The zero-order valence-corrected chi connectivity index (χ0v) is 19.2. The summed E-state index contributed by atoms with van der Waals surface area (Å²) in [5.74, 6) is -0.180. The Labute approximate surface area is 199 Å². The summed E-state index contributed by atoms with van der Waals surface area (Å²) in [6, 6.07) is 17.5. The number of rotatable bonds is 7. The minimum Gasteiger partial charge on any atom is -0.487 e. The smallest absolute Gasteiger partial charge is 0.242 e. The molecule has 1 fully saturated rings. The van der Waals surface area contributed by atoms with E-state index in [0.717, 1.165) is 16.7 Å². The predicted molar refractivity (Wildman–Crippen MR) is 127 cm³/mol. The van der Waals surface area contributed by atoms with Crippen LogP contribution in [-0.2, 0) is 24.4 Å². The van der Waals surface area contributed by atoms with Crippen molar-refractivity contribution in [2.45, 2.75) is 24.8 Å². The number of hydrogen-bond donors (Lipinski definition) is 0. The van der Waals surface area contributed by atoms with Gasteiger partial charge in [-0.2, -0.15) is 0 Å². The Morgan fingerprint density at radius 1 is 0.938 bits per heavy atom. The Morgan fingerprint density at radius 3 is 2.16 bits per heavy atom. The largest absolute Gasteiger partial charge is 0.487 e. The second-order valence-corrected chi connectivity index (χ2v) is 9.55. The number of hydrogen-bond acceptors (Lipinski definition) is 4. The Morgan fingerprint density at radius 2 is 1.53 bits per heavy atom. The maximum absolute atomic E-state index is 13.1. The van der Waals surface area contributed by atoms with Gasteiger partial charge in [0.05, 0.1) is 16.8 Å². The molecule has 0 spiro atoms. The van der Waals surface area contributed by atoms with Gasteiger partial charge in [0.25, 0.3) is 0 Å². The molecule has 8 heteroatoms. The fourth-order valence-corrected chi connectivity index (χ4v) is 5.08. The minimum absolute atomic E-state index is 0.0721. The SMILES string of the molecule is O=C1[C@H](Cc2ccc(OCc3ccc(F)cc3)c(Cl)c2)SC(=S)N1Cc1ccc(F)cc1. The average Bonchev–Trinajstić information content (AvgIpc) is 3.03. The van der Waals surface area contributed by atoms with Crippen molar-refractivity contribution in [3.63, 3.8) is 0 Å². The first-order valence-electron chi connectivity index (χ1n) is 9.81. The maximum Gasteiger partial charge on any atom is 0.242 e. The van der Waals surface area contributed by atoms with Crippen molar-refractivity contribution in [1.82, 2.24) is 4.90 Å². The van der Waals surface area contributed by atoms with Crippen LogP contribution in [0.4, 0.5) is 8.78 Å². The summed E-state index contributed by atoms with van der Waals surface area (Å²) in [4.78, 5) is 14.4. The number of nitrogens with zero attached hydrogens (tertiary/aromatic N) is 1. The molecule has 1 saturated heterocycles. The van der Waals surface area contributed by atoms with Crippen molar-refractivity contribution in [3.8, 4) is 5.75 Å². The van der Waals surface area contributed by atoms with Gasteiger partial charge in [-0.3, -0.25) is 9.69 Å². The molecule has 0 aromatic heterocycles. The molecule has 0 aliphatic carbocycles. The van der Waals surface area contributed by atoms with Gasteiger partial charge in [-0.25, -0.2) is 8.78 Å². The third kappa shape index (κ3) is 5.46. The third-order valence-electron chi connectivity index (χ3n) is 4.98. The van der Waals surface area contributed by atoms with Crippen molar-refractivity contribution in [2.24, 2.45) is 0 Å². The standard InChI is InChI=1S/C24H18ClF2NO2S2/c25-20-11-17(5-10-21(20)30-14-16-3-8-19(27)9-4-16)12-22-23(29)28(24(31)32-22)13-15-1-6-18(26)7-2-15/h1-11,22H,12-14H2/t22-/m0/s1. The first-order valence-corrected chi connectivity index (χ1v) is 11.5. The summed E-state index contributed by atoms with van der Waals surface area (Å²) in [7, 11) is 0. The van der Waals surface area contributed by atoms with E-state index in [1.54, 1.807) is 41.3 Å². The van der Waals surface area contributed by atoms with E-state index in [1.165, 1.54) is 36.0 Å². The number of thiocarbonyl (C=S) groups is 1. The van der Waals surface area contributed by atoms with E-state index < -0.39 is 0 Å². The molecule has 32 heavy (non-hydrogen) atoms. The fraction of sp³-hybridized carbons (Fsp3) is 0.167. The molecule has 0 unspecified atom stereocenters. The van der Waals surface area contributed by atoms with Crippen molar-refractivity contribution in [1.29, 1.82) is 0 Å². The van der Waals surface area contributed by atoms with Crippen molar-refractivity contribution in [2.75, 3.05) is 0 Å². The van der Waals surface area contributed by atoms with Crippen LogP contribution in [0.3, 0.4) is 0 Å². The summed E-state index contributed by atoms with van der Waals surface area (Å²) in [6.45, 7) is 0.585. The van der Waals surface area contributed by atoms with E-state index >= 15 is 0 Å². The predicted octanol–water partition coefficient (Wildman–Crippen LogP) is 6.17. The molecule has 3 aromatic rings. The van der Waals surface area contributed by atoms with E-state index in [-0.39, 0.29) is 29.4 Å². The lowest BCUT2D eigenvalue weighted by Gasteiger charge is -2.16. The number of carbonyl (C=O) groups is 1. The molecule has 1 amide bonds. The first-order chi connectivity index (χ1) is 15.4. The van der Waals surface area contributed by atoms with Crippen LogP contribution in [0.5, 0.6) is 5.75 Å². The Hall–Kier alpha value is -2.48. The maximum atomic E-state index is 13.1. The number of ether oxygens (including phenoxy) is 1. The number of thioether (sulfide) groups is 1. The van der Waals surface area contributed by atoms with Crippen LogP contribution in [0.1, 0.15) is 16.7 Å². The van der Waals surface area contributed by atoms with Gasteiger partial charge in [-0.15, -0.1) is 0 Å². The normalized spacial score (nSPS) is 16.0. The molecule has 3 aromatic carbocycles. The van der Waals surface area contributed by atoms with Gasteiger partial charge < -0.3 is 4.74 Å². The van der Waals surface area contributed by atoms with Crippen LogP contribution >= 0.6 is 35.6 Å². The summed E-state index contributed by atoms with van der Waals surface area (Å²) >= 11 is 13.1. The zero-order valence-electron chi connectivity index (χ0n) is 16.8. The highest BCUT2D eigenvalue weighted by Crippen LogP contribution is 2.33. The van der Waals surface area contributed by atoms with Crippen molar-refractivity contribution < 1.29 is 18.3 Å². The van der Waals surface area contributed by atoms with E-state index in [2.05, 4.69) is 0 Å². The van der Waals surface area contributed by atoms with Crippen LogP contribution in [0.25, 0.3) is 0 Å². The van der Waals surface area contributed by atoms with Crippen molar-refractivity contribution in [3.05, 3.63) is 100 Å². The van der Waals surface area contributed by atoms with Crippen molar-refractivity contribution >= 4 is 45.8 Å². The second-order valence-electron chi connectivity index (χ2n) is 7.31. The molecule has 0 saturated carbocycles. The zero-order chi connectivity index (χ0) is 22.7. The number of benzene rings is 3.